The maximum atomic E-state index is 3.58. The topological polar surface area (TPSA) is 12.0 Å². The molecule has 0 aliphatic heterocycles. The van der Waals surface area contributed by atoms with Crippen LogP contribution in [-0.4, -0.2) is 12.6 Å². The zero-order valence-electron chi connectivity index (χ0n) is 10.1. The van der Waals surface area contributed by atoms with Crippen molar-refractivity contribution in [2.24, 2.45) is 5.92 Å². The van der Waals surface area contributed by atoms with E-state index in [4.69, 9.17) is 0 Å². The molecule has 1 nitrogen and oxygen atoms in total. The summed E-state index contributed by atoms with van der Waals surface area (Å²) in [6.45, 7) is 7.87. The molecule has 0 radical (unpaired) electrons. The number of nitrogens with one attached hydrogen (secondary N) is 1. The van der Waals surface area contributed by atoms with E-state index in [0.29, 0.717) is 6.04 Å². The Morgan fingerprint density at radius 2 is 2.13 bits per heavy atom. The molecule has 0 saturated carbocycles. The van der Waals surface area contributed by atoms with Gasteiger partial charge in [-0.1, -0.05) is 20.8 Å². The predicted octanol–water partition coefficient (Wildman–Crippen LogP) is 3.70. The standard InChI is InChI=1S/C13H23NS/c1-4-14-13(6-5-11(2)3)9-12-7-8-15-10-12/h7-8,10-11,13-14H,4-6,9H2,1-3H3. The van der Waals surface area contributed by atoms with Crippen LogP contribution in [0.4, 0.5) is 0 Å². The van der Waals surface area contributed by atoms with Crippen molar-refractivity contribution in [3.63, 3.8) is 0 Å². The second-order valence-electron chi connectivity index (χ2n) is 4.56. The van der Waals surface area contributed by atoms with E-state index in [9.17, 15) is 0 Å². The Bertz CT molecular complexity index is 241. The summed E-state index contributed by atoms with van der Waals surface area (Å²) < 4.78 is 0. The molecular formula is C13H23NS. The van der Waals surface area contributed by atoms with E-state index < -0.39 is 0 Å². The van der Waals surface area contributed by atoms with Crippen LogP contribution in [0, 0.1) is 5.92 Å². The van der Waals surface area contributed by atoms with Crippen LogP contribution >= 0.6 is 11.3 Å². The van der Waals surface area contributed by atoms with Gasteiger partial charge in [0.1, 0.15) is 0 Å². The van der Waals surface area contributed by atoms with Crippen molar-refractivity contribution in [1.29, 1.82) is 0 Å². The Hall–Kier alpha value is -0.340. The molecule has 2 heteroatoms. The van der Waals surface area contributed by atoms with Gasteiger partial charge in [0, 0.05) is 6.04 Å². The molecule has 0 bridgehead atoms. The molecule has 0 spiro atoms. The molecule has 0 saturated heterocycles. The Balaban J connectivity index is 2.36. The van der Waals surface area contributed by atoms with Crippen molar-refractivity contribution in [3.05, 3.63) is 22.4 Å². The first kappa shape index (κ1) is 12.7. The summed E-state index contributed by atoms with van der Waals surface area (Å²) in [6, 6.07) is 2.90. The molecule has 1 unspecified atom stereocenters. The fourth-order valence-corrected chi connectivity index (χ4v) is 2.47. The van der Waals surface area contributed by atoms with Gasteiger partial charge in [0.05, 0.1) is 0 Å². The minimum Gasteiger partial charge on any atom is -0.314 e. The SMILES string of the molecule is CCNC(CCC(C)C)Cc1ccsc1. The molecule has 0 fully saturated rings. The molecule has 0 aliphatic rings. The molecule has 86 valence electrons. The van der Waals surface area contributed by atoms with Crippen LogP contribution in [0.2, 0.25) is 0 Å². The summed E-state index contributed by atoms with van der Waals surface area (Å²) in [7, 11) is 0. The summed E-state index contributed by atoms with van der Waals surface area (Å²) in [4.78, 5) is 0. The highest BCUT2D eigenvalue weighted by atomic mass is 32.1. The molecule has 0 aromatic carbocycles. The Labute approximate surface area is 97.9 Å². The van der Waals surface area contributed by atoms with Crippen molar-refractivity contribution < 1.29 is 0 Å². The van der Waals surface area contributed by atoms with E-state index in [2.05, 4.69) is 42.9 Å². The van der Waals surface area contributed by atoms with Gasteiger partial charge in [0.15, 0.2) is 0 Å². The van der Waals surface area contributed by atoms with Crippen molar-refractivity contribution in [2.75, 3.05) is 6.54 Å². The third kappa shape index (κ3) is 5.33. The summed E-state index contributed by atoms with van der Waals surface area (Å²) in [5, 5.41) is 8.01. The largest absolute Gasteiger partial charge is 0.314 e. The fourth-order valence-electron chi connectivity index (χ4n) is 1.79. The van der Waals surface area contributed by atoms with E-state index >= 15 is 0 Å². The number of hydrogen-bond donors (Lipinski definition) is 1. The summed E-state index contributed by atoms with van der Waals surface area (Å²) >= 11 is 1.80. The Kier molecular flexibility index (Phi) is 5.96. The quantitative estimate of drug-likeness (QED) is 0.746. The second-order valence-corrected chi connectivity index (χ2v) is 5.34. The maximum absolute atomic E-state index is 3.58. The van der Waals surface area contributed by atoms with E-state index in [1.807, 2.05) is 0 Å². The van der Waals surface area contributed by atoms with Gasteiger partial charge in [0.25, 0.3) is 0 Å². The molecule has 1 aromatic heterocycles. The molecule has 0 amide bonds. The van der Waals surface area contributed by atoms with Crippen molar-refractivity contribution in [2.45, 2.75) is 46.1 Å². The van der Waals surface area contributed by atoms with Gasteiger partial charge in [-0.15, -0.1) is 0 Å². The van der Waals surface area contributed by atoms with Gasteiger partial charge >= 0.3 is 0 Å². The number of rotatable bonds is 7. The molecule has 1 N–H and O–H groups in total. The third-order valence-corrected chi connectivity index (χ3v) is 3.38. The van der Waals surface area contributed by atoms with E-state index in [0.717, 1.165) is 12.5 Å². The summed E-state index contributed by atoms with van der Waals surface area (Å²) in [5.41, 5.74) is 1.48. The normalized spacial score (nSPS) is 13.3. The highest BCUT2D eigenvalue weighted by Crippen LogP contribution is 2.13. The fraction of sp³-hybridized carbons (Fsp3) is 0.692. The highest BCUT2D eigenvalue weighted by Gasteiger charge is 2.09. The van der Waals surface area contributed by atoms with Gasteiger partial charge in [-0.05, 0) is 54.1 Å². The first-order valence-electron chi connectivity index (χ1n) is 5.96. The van der Waals surface area contributed by atoms with Crippen LogP contribution in [0.1, 0.15) is 39.2 Å². The molecule has 0 aliphatic carbocycles. The maximum Gasteiger partial charge on any atom is 0.0108 e. The van der Waals surface area contributed by atoms with Crippen molar-refractivity contribution in [1.82, 2.24) is 5.32 Å². The van der Waals surface area contributed by atoms with Gasteiger partial charge < -0.3 is 5.32 Å². The van der Waals surface area contributed by atoms with Gasteiger partial charge in [-0.25, -0.2) is 0 Å². The number of thiophene rings is 1. The van der Waals surface area contributed by atoms with Crippen LogP contribution in [0.15, 0.2) is 16.8 Å². The number of likely N-dealkylation sites (N-methyl/N-ethyl adjacent to an activating group) is 1. The molecule has 1 aromatic rings. The third-order valence-electron chi connectivity index (χ3n) is 2.65. The lowest BCUT2D eigenvalue weighted by atomic mass is 9.99. The molecule has 1 rings (SSSR count). The van der Waals surface area contributed by atoms with Gasteiger partial charge in [-0.3, -0.25) is 0 Å². The first-order chi connectivity index (χ1) is 7.22. The van der Waals surface area contributed by atoms with Crippen molar-refractivity contribution >= 4 is 11.3 Å². The van der Waals surface area contributed by atoms with Crippen LogP contribution in [-0.2, 0) is 6.42 Å². The smallest absolute Gasteiger partial charge is 0.0108 e. The second kappa shape index (κ2) is 7.02. The summed E-state index contributed by atoms with van der Waals surface area (Å²) in [5.74, 6) is 0.814. The molecule has 15 heavy (non-hydrogen) atoms. The van der Waals surface area contributed by atoms with Gasteiger partial charge in [0.2, 0.25) is 0 Å². The average molecular weight is 225 g/mol. The molecule has 1 heterocycles. The van der Waals surface area contributed by atoms with Crippen LogP contribution < -0.4 is 5.32 Å². The minimum atomic E-state index is 0.659. The Morgan fingerprint density at radius 1 is 1.33 bits per heavy atom. The average Bonchev–Trinajstić information content (AvgIpc) is 2.67. The van der Waals surface area contributed by atoms with Crippen molar-refractivity contribution in [3.8, 4) is 0 Å². The lowest BCUT2D eigenvalue weighted by Crippen LogP contribution is -2.31. The minimum absolute atomic E-state index is 0.659. The van der Waals surface area contributed by atoms with Crippen LogP contribution in [0.3, 0.4) is 0 Å². The molecular weight excluding hydrogens is 202 g/mol. The van der Waals surface area contributed by atoms with Gasteiger partial charge in [-0.2, -0.15) is 11.3 Å². The summed E-state index contributed by atoms with van der Waals surface area (Å²) in [6.07, 6.45) is 3.80. The monoisotopic (exact) mass is 225 g/mol. The van der Waals surface area contributed by atoms with E-state index in [1.54, 1.807) is 11.3 Å². The van der Waals surface area contributed by atoms with E-state index in [-0.39, 0.29) is 0 Å². The predicted molar refractivity (Wildman–Crippen MR) is 69.6 cm³/mol. The lowest BCUT2D eigenvalue weighted by molar-refractivity contribution is 0.435. The number of hydrogen-bond acceptors (Lipinski definition) is 2. The Morgan fingerprint density at radius 3 is 2.67 bits per heavy atom. The first-order valence-corrected chi connectivity index (χ1v) is 6.91. The van der Waals surface area contributed by atoms with Crippen LogP contribution in [0.25, 0.3) is 0 Å². The zero-order chi connectivity index (χ0) is 11.1. The van der Waals surface area contributed by atoms with E-state index in [1.165, 1.54) is 24.8 Å². The lowest BCUT2D eigenvalue weighted by Gasteiger charge is -2.18. The zero-order valence-corrected chi connectivity index (χ0v) is 10.9. The van der Waals surface area contributed by atoms with Crippen LogP contribution in [0.5, 0.6) is 0 Å². The molecule has 1 atom stereocenters. The highest BCUT2D eigenvalue weighted by molar-refractivity contribution is 7.07.